The van der Waals surface area contributed by atoms with E-state index in [1.807, 2.05) is 6.92 Å². The van der Waals surface area contributed by atoms with Crippen molar-refractivity contribution in [2.24, 2.45) is 5.92 Å². The highest BCUT2D eigenvalue weighted by Gasteiger charge is 2.59. The average molecular weight is 501 g/mol. The van der Waals surface area contributed by atoms with Gasteiger partial charge < -0.3 is 0 Å². The summed E-state index contributed by atoms with van der Waals surface area (Å²) >= 11 is 0. The Morgan fingerprint density at radius 2 is 1.59 bits per heavy atom. The highest BCUT2D eigenvalue weighted by Crippen LogP contribution is 2.51. The molecule has 0 aromatic heterocycles. The molecule has 12 heteroatoms. The molecule has 1 aromatic rings. The lowest BCUT2D eigenvalue weighted by Gasteiger charge is -2.24. The van der Waals surface area contributed by atoms with Gasteiger partial charge in [0.25, 0.3) is 0 Å². The third kappa shape index (κ3) is 4.95. The van der Waals surface area contributed by atoms with Gasteiger partial charge in [-0.3, -0.25) is 0 Å². The fourth-order valence-electron chi connectivity index (χ4n) is 3.86. The van der Waals surface area contributed by atoms with Gasteiger partial charge in [0.1, 0.15) is 5.25 Å². The van der Waals surface area contributed by atoms with Crippen LogP contribution in [-0.4, -0.2) is 26.0 Å². The quantitative estimate of drug-likeness (QED) is 0.353. The summed E-state index contributed by atoms with van der Waals surface area (Å²) in [5.41, 5.74) is -7.23. The Balaban J connectivity index is 2.71. The van der Waals surface area contributed by atoms with Gasteiger partial charge in [-0.2, -0.15) is 36.9 Å². The summed E-state index contributed by atoms with van der Waals surface area (Å²) in [6, 6.07) is 7.33. The molecule has 0 amide bonds. The van der Waals surface area contributed by atoms with Crippen LogP contribution in [0.5, 0.6) is 0 Å². The lowest BCUT2D eigenvalue weighted by Crippen LogP contribution is -2.36. The maximum absolute atomic E-state index is 13.7. The Morgan fingerprint density at radius 1 is 1.06 bits per heavy atom. The summed E-state index contributed by atoms with van der Waals surface area (Å²) in [5.74, 6) is -0.518. The zero-order valence-corrected chi connectivity index (χ0v) is 18.6. The van der Waals surface area contributed by atoms with Crippen molar-refractivity contribution >= 4 is 9.84 Å². The van der Waals surface area contributed by atoms with Crippen molar-refractivity contribution in [2.45, 2.75) is 55.1 Å². The van der Waals surface area contributed by atoms with E-state index >= 15 is 0 Å². The van der Waals surface area contributed by atoms with Crippen LogP contribution in [-0.2, 0) is 9.84 Å². The van der Waals surface area contributed by atoms with Crippen molar-refractivity contribution in [3.8, 4) is 12.1 Å². The van der Waals surface area contributed by atoms with Crippen LogP contribution in [0.2, 0.25) is 0 Å². The van der Waals surface area contributed by atoms with Gasteiger partial charge in [0.15, 0.2) is 9.84 Å². The number of sulfone groups is 1. The standard InChI is InChI=1S/C22H17F6N3O2S/c1-4-13(9-12(2)10-29)14-5-7-15(8-6-14)34(32,33)20-17(21(23,24)25)16(11-30)19(31-3)18(20)22(26,27)28/h5-8,12-13,20H,4,9H2,1-2H3. The molecular formula is C22H17F6N3O2S. The van der Waals surface area contributed by atoms with Gasteiger partial charge in [0.2, 0.25) is 5.70 Å². The minimum absolute atomic E-state index is 0.187. The van der Waals surface area contributed by atoms with Crippen molar-refractivity contribution in [1.29, 1.82) is 10.5 Å². The first-order chi connectivity index (χ1) is 15.6. The first-order valence-electron chi connectivity index (χ1n) is 9.79. The summed E-state index contributed by atoms with van der Waals surface area (Å²) in [7, 11) is -5.37. The minimum atomic E-state index is -5.62. The van der Waals surface area contributed by atoms with E-state index in [-0.39, 0.29) is 11.8 Å². The minimum Gasteiger partial charge on any atom is -0.236 e. The molecule has 5 nitrogen and oxygen atoms in total. The predicted octanol–water partition coefficient (Wildman–Crippen LogP) is 6.00. The van der Waals surface area contributed by atoms with Gasteiger partial charge in [-0.15, -0.1) is 0 Å². The first kappa shape index (κ1) is 26.9. The molecule has 0 fully saturated rings. The summed E-state index contributed by atoms with van der Waals surface area (Å²) in [5, 5.41) is 14.8. The van der Waals surface area contributed by atoms with Crippen molar-refractivity contribution in [3.63, 3.8) is 0 Å². The maximum atomic E-state index is 13.7. The number of alkyl halides is 6. The van der Waals surface area contributed by atoms with E-state index in [1.165, 1.54) is 12.1 Å². The van der Waals surface area contributed by atoms with Crippen LogP contribution >= 0.6 is 0 Å². The van der Waals surface area contributed by atoms with Crippen LogP contribution in [0.4, 0.5) is 26.3 Å². The van der Waals surface area contributed by atoms with Crippen LogP contribution < -0.4 is 0 Å². The van der Waals surface area contributed by atoms with Crippen molar-refractivity contribution in [1.82, 2.24) is 0 Å². The van der Waals surface area contributed by atoms with Crippen LogP contribution in [0, 0.1) is 35.2 Å². The van der Waals surface area contributed by atoms with E-state index < -0.39 is 54.8 Å². The zero-order valence-electron chi connectivity index (χ0n) is 17.8. The SMILES string of the molecule is [C-]#[N+]C1=C(C(F)(F)F)C(S(=O)(=O)c2ccc(C(CC)CC(C)C#N)cc2)C(C(F)(F)F)=C1C#N. The maximum Gasteiger partial charge on any atom is 0.414 e. The highest BCUT2D eigenvalue weighted by atomic mass is 32.2. The number of benzene rings is 1. The molecule has 34 heavy (non-hydrogen) atoms. The van der Waals surface area contributed by atoms with Crippen molar-refractivity contribution < 1.29 is 34.8 Å². The fourth-order valence-corrected chi connectivity index (χ4v) is 5.76. The lowest BCUT2D eigenvalue weighted by atomic mass is 9.88. The molecular weight excluding hydrogens is 484 g/mol. The monoisotopic (exact) mass is 501 g/mol. The molecule has 1 aromatic carbocycles. The number of rotatable bonds is 6. The average Bonchev–Trinajstić information content (AvgIpc) is 3.13. The Kier molecular flexibility index (Phi) is 7.54. The number of hydrogen-bond donors (Lipinski definition) is 0. The number of hydrogen-bond acceptors (Lipinski definition) is 4. The molecule has 0 saturated carbocycles. The topological polar surface area (TPSA) is 86.1 Å². The van der Waals surface area contributed by atoms with Crippen LogP contribution in [0.3, 0.4) is 0 Å². The van der Waals surface area contributed by atoms with Crippen molar-refractivity contribution in [3.05, 3.63) is 63.7 Å². The first-order valence-corrected chi connectivity index (χ1v) is 11.3. The van der Waals surface area contributed by atoms with E-state index in [9.17, 15) is 34.8 Å². The molecule has 0 heterocycles. The summed E-state index contributed by atoms with van der Waals surface area (Å²) in [6.45, 7) is 10.4. The molecule has 180 valence electrons. The third-order valence-corrected chi connectivity index (χ3v) is 7.48. The lowest BCUT2D eigenvalue weighted by molar-refractivity contribution is -0.103. The summed E-state index contributed by atoms with van der Waals surface area (Å²) < 4.78 is 109. The van der Waals surface area contributed by atoms with Crippen molar-refractivity contribution in [2.75, 3.05) is 0 Å². The summed E-state index contributed by atoms with van der Waals surface area (Å²) in [4.78, 5) is 1.61. The normalized spacial score (nSPS) is 18.8. The van der Waals surface area contributed by atoms with Gasteiger partial charge in [-0.25, -0.2) is 13.3 Å². The zero-order chi connectivity index (χ0) is 26.1. The van der Waals surface area contributed by atoms with Gasteiger partial charge in [-0.05, 0) is 43.4 Å². The molecule has 3 unspecified atom stereocenters. The van der Waals surface area contributed by atoms with E-state index in [0.29, 0.717) is 18.4 Å². The number of allylic oxidation sites excluding steroid dienone is 1. The Labute approximate surface area is 192 Å². The summed E-state index contributed by atoms with van der Waals surface area (Å²) in [6.07, 6.45) is -10.3. The molecule has 0 bridgehead atoms. The fraction of sp³-hybridized carbons (Fsp3) is 0.409. The second-order valence-electron chi connectivity index (χ2n) is 7.64. The number of nitrogens with zero attached hydrogens (tertiary/aromatic N) is 3. The molecule has 0 aliphatic heterocycles. The van der Waals surface area contributed by atoms with Crippen LogP contribution in [0.15, 0.2) is 51.6 Å². The van der Waals surface area contributed by atoms with E-state index in [4.69, 9.17) is 17.1 Å². The van der Waals surface area contributed by atoms with E-state index in [2.05, 4.69) is 10.9 Å². The molecule has 0 saturated heterocycles. The molecule has 1 aliphatic rings. The Morgan fingerprint density at radius 3 is 1.97 bits per heavy atom. The Bertz CT molecular complexity index is 1210. The third-order valence-electron chi connectivity index (χ3n) is 5.46. The van der Waals surface area contributed by atoms with Gasteiger partial charge in [-0.1, -0.05) is 19.1 Å². The molecule has 0 spiro atoms. The number of nitriles is 2. The molecule has 0 radical (unpaired) electrons. The largest absolute Gasteiger partial charge is 0.414 e. The second kappa shape index (κ2) is 9.52. The smallest absolute Gasteiger partial charge is 0.236 e. The predicted molar refractivity (Wildman–Crippen MR) is 108 cm³/mol. The van der Waals surface area contributed by atoms with Gasteiger partial charge in [0, 0.05) is 5.92 Å². The molecule has 0 N–H and O–H groups in total. The van der Waals surface area contributed by atoms with E-state index in [1.54, 1.807) is 6.92 Å². The Hall–Kier alpha value is -3.30. The molecule has 2 rings (SSSR count). The molecule has 3 atom stereocenters. The number of halogens is 6. The van der Waals surface area contributed by atoms with Gasteiger partial charge >= 0.3 is 12.4 Å². The highest BCUT2D eigenvalue weighted by molar-refractivity contribution is 7.92. The van der Waals surface area contributed by atoms with Crippen LogP contribution in [0.25, 0.3) is 4.85 Å². The van der Waals surface area contributed by atoms with Gasteiger partial charge in [0.05, 0.1) is 40.3 Å². The van der Waals surface area contributed by atoms with E-state index in [0.717, 1.165) is 18.2 Å². The van der Waals surface area contributed by atoms with Crippen LogP contribution in [0.1, 0.15) is 38.2 Å². The second-order valence-corrected chi connectivity index (χ2v) is 9.67. The molecule has 1 aliphatic carbocycles.